The van der Waals surface area contributed by atoms with E-state index in [0.29, 0.717) is 5.69 Å². The van der Waals surface area contributed by atoms with Crippen LogP contribution in [0.5, 0.6) is 0 Å². The summed E-state index contributed by atoms with van der Waals surface area (Å²) in [6.07, 6.45) is 1.57. The molecule has 0 aliphatic heterocycles. The van der Waals surface area contributed by atoms with Gasteiger partial charge in [-0.15, -0.1) is 0 Å². The van der Waals surface area contributed by atoms with E-state index in [1.54, 1.807) is 13.2 Å². The summed E-state index contributed by atoms with van der Waals surface area (Å²) in [7, 11) is 1.69. The molecular formula is C4H7N3O. The number of aromatic amines is 2. The predicted octanol–water partition coefficient (Wildman–Crippen LogP) is -0.255. The molecule has 0 atom stereocenters. The summed E-state index contributed by atoms with van der Waals surface area (Å²) in [4.78, 5) is 10.5. The van der Waals surface area contributed by atoms with E-state index >= 15 is 0 Å². The standard InChI is InChI=1S/C4H7N3O/c1-5-3-2-6-7-4(3)8/h2,5H,1H3,(H2,6,7,8). The first-order valence-corrected chi connectivity index (χ1v) is 2.28. The first kappa shape index (κ1) is 4.96. The molecule has 1 heterocycles. The summed E-state index contributed by atoms with van der Waals surface area (Å²) in [5.74, 6) is 0. The minimum Gasteiger partial charge on any atom is -0.382 e. The van der Waals surface area contributed by atoms with Crippen LogP contribution in [-0.4, -0.2) is 17.2 Å². The van der Waals surface area contributed by atoms with Gasteiger partial charge in [-0.3, -0.25) is 9.89 Å². The average molecular weight is 113 g/mol. The van der Waals surface area contributed by atoms with Crippen molar-refractivity contribution in [3.05, 3.63) is 16.6 Å². The van der Waals surface area contributed by atoms with Crippen LogP contribution in [0, 0.1) is 0 Å². The molecule has 0 aliphatic rings. The molecule has 0 bridgehead atoms. The molecule has 44 valence electrons. The van der Waals surface area contributed by atoms with Crippen LogP contribution in [0.3, 0.4) is 0 Å². The van der Waals surface area contributed by atoms with Gasteiger partial charge in [0.2, 0.25) is 0 Å². The summed E-state index contributed by atoms with van der Waals surface area (Å²) >= 11 is 0. The molecule has 1 rings (SSSR count). The molecular weight excluding hydrogens is 106 g/mol. The average Bonchev–Trinajstić information content (AvgIpc) is 2.14. The van der Waals surface area contributed by atoms with Gasteiger partial charge in [-0.1, -0.05) is 0 Å². The van der Waals surface area contributed by atoms with Gasteiger partial charge in [0, 0.05) is 13.2 Å². The minimum absolute atomic E-state index is 0.118. The molecule has 1 aromatic rings. The Labute approximate surface area is 45.9 Å². The number of nitrogens with one attached hydrogen (secondary N) is 3. The Bertz CT molecular complexity index is 211. The van der Waals surface area contributed by atoms with Crippen LogP contribution in [0.25, 0.3) is 0 Å². The normalized spacial score (nSPS) is 9.12. The zero-order valence-corrected chi connectivity index (χ0v) is 4.49. The Hall–Kier alpha value is -1.19. The zero-order chi connectivity index (χ0) is 5.98. The van der Waals surface area contributed by atoms with Crippen LogP contribution < -0.4 is 10.9 Å². The first-order valence-electron chi connectivity index (χ1n) is 2.28. The molecule has 0 saturated heterocycles. The maximum Gasteiger partial charge on any atom is 0.287 e. The van der Waals surface area contributed by atoms with Crippen molar-refractivity contribution < 1.29 is 0 Å². The van der Waals surface area contributed by atoms with E-state index in [1.807, 2.05) is 0 Å². The second kappa shape index (κ2) is 1.73. The van der Waals surface area contributed by atoms with Crippen LogP contribution in [0.15, 0.2) is 11.0 Å². The van der Waals surface area contributed by atoms with Crippen LogP contribution >= 0.6 is 0 Å². The Morgan fingerprint density at radius 1 is 1.75 bits per heavy atom. The highest BCUT2D eigenvalue weighted by Crippen LogP contribution is 1.87. The first-order chi connectivity index (χ1) is 3.84. The molecule has 3 N–H and O–H groups in total. The Morgan fingerprint density at radius 2 is 2.50 bits per heavy atom. The molecule has 0 spiro atoms. The largest absolute Gasteiger partial charge is 0.382 e. The van der Waals surface area contributed by atoms with Crippen molar-refractivity contribution in [2.75, 3.05) is 12.4 Å². The van der Waals surface area contributed by atoms with E-state index < -0.39 is 0 Å². The van der Waals surface area contributed by atoms with Crippen molar-refractivity contribution in [1.82, 2.24) is 10.2 Å². The third-order valence-electron chi connectivity index (χ3n) is 0.916. The van der Waals surface area contributed by atoms with E-state index in [-0.39, 0.29) is 5.56 Å². The summed E-state index contributed by atoms with van der Waals surface area (Å²) in [6.45, 7) is 0. The molecule has 0 aromatic carbocycles. The highest BCUT2D eigenvalue weighted by atomic mass is 16.1. The van der Waals surface area contributed by atoms with Gasteiger partial charge < -0.3 is 10.4 Å². The highest BCUT2D eigenvalue weighted by molar-refractivity contribution is 5.36. The minimum atomic E-state index is -0.118. The third-order valence-corrected chi connectivity index (χ3v) is 0.916. The molecule has 0 aliphatic carbocycles. The van der Waals surface area contributed by atoms with E-state index in [4.69, 9.17) is 0 Å². The smallest absolute Gasteiger partial charge is 0.287 e. The summed E-state index contributed by atoms with van der Waals surface area (Å²) in [5, 5.41) is 7.63. The molecule has 1 aromatic heterocycles. The molecule has 0 radical (unpaired) electrons. The van der Waals surface area contributed by atoms with E-state index in [9.17, 15) is 4.79 Å². The van der Waals surface area contributed by atoms with Gasteiger partial charge in [0.25, 0.3) is 5.56 Å². The van der Waals surface area contributed by atoms with E-state index in [1.165, 1.54) is 0 Å². The van der Waals surface area contributed by atoms with Gasteiger partial charge >= 0.3 is 0 Å². The van der Waals surface area contributed by atoms with E-state index in [0.717, 1.165) is 0 Å². The van der Waals surface area contributed by atoms with Crippen LogP contribution in [0.2, 0.25) is 0 Å². The van der Waals surface area contributed by atoms with Gasteiger partial charge in [-0.2, -0.15) is 0 Å². The lowest BCUT2D eigenvalue weighted by Gasteiger charge is -1.83. The number of H-pyrrole nitrogens is 2. The molecule has 0 saturated carbocycles. The molecule has 4 nitrogen and oxygen atoms in total. The topological polar surface area (TPSA) is 60.7 Å². The van der Waals surface area contributed by atoms with Crippen molar-refractivity contribution in [2.24, 2.45) is 0 Å². The second-order valence-corrected chi connectivity index (χ2v) is 1.41. The lowest BCUT2D eigenvalue weighted by atomic mass is 10.6. The molecule has 8 heavy (non-hydrogen) atoms. The SMILES string of the molecule is CNc1c[nH][nH]c1=O. The second-order valence-electron chi connectivity index (χ2n) is 1.41. The number of hydrogen-bond acceptors (Lipinski definition) is 2. The van der Waals surface area contributed by atoms with Crippen LogP contribution in [-0.2, 0) is 0 Å². The molecule has 0 fully saturated rings. The van der Waals surface area contributed by atoms with Crippen molar-refractivity contribution in [2.45, 2.75) is 0 Å². The Balaban J connectivity index is 3.11. The van der Waals surface area contributed by atoms with Crippen LogP contribution in [0.4, 0.5) is 5.69 Å². The van der Waals surface area contributed by atoms with Gasteiger partial charge in [-0.25, -0.2) is 0 Å². The monoisotopic (exact) mass is 113 g/mol. The third kappa shape index (κ3) is 0.598. The van der Waals surface area contributed by atoms with Crippen molar-refractivity contribution in [3.8, 4) is 0 Å². The number of anilines is 1. The molecule has 0 unspecified atom stereocenters. The summed E-state index contributed by atoms with van der Waals surface area (Å²) in [5.41, 5.74) is 0.442. The fourth-order valence-corrected chi connectivity index (χ4v) is 0.492. The quantitative estimate of drug-likeness (QED) is 0.470. The van der Waals surface area contributed by atoms with Crippen molar-refractivity contribution in [3.63, 3.8) is 0 Å². The molecule has 4 heteroatoms. The lowest BCUT2D eigenvalue weighted by molar-refractivity contribution is 1.06. The Kier molecular flexibility index (Phi) is 1.07. The number of rotatable bonds is 1. The Morgan fingerprint density at radius 3 is 2.75 bits per heavy atom. The summed E-state index contributed by atoms with van der Waals surface area (Å²) in [6, 6.07) is 0. The zero-order valence-electron chi connectivity index (χ0n) is 4.49. The maximum absolute atomic E-state index is 10.5. The van der Waals surface area contributed by atoms with Gasteiger partial charge in [-0.05, 0) is 0 Å². The van der Waals surface area contributed by atoms with Gasteiger partial charge in [0.05, 0.1) is 0 Å². The predicted molar refractivity (Wildman–Crippen MR) is 31.0 cm³/mol. The van der Waals surface area contributed by atoms with Crippen molar-refractivity contribution in [1.29, 1.82) is 0 Å². The van der Waals surface area contributed by atoms with E-state index in [2.05, 4.69) is 15.5 Å². The fraction of sp³-hybridized carbons (Fsp3) is 0.250. The van der Waals surface area contributed by atoms with Crippen LogP contribution in [0.1, 0.15) is 0 Å². The number of aromatic nitrogens is 2. The number of hydrogen-bond donors (Lipinski definition) is 3. The summed E-state index contributed by atoms with van der Waals surface area (Å²) < 4.78 is 0. The van der Waals surface area contributed by atoms with Crippen molar-refractivity contribution >= 4 is 5.69 Å². The lowest BCUT2D eigenvalue weighted by Crippen LogP contribution is -2.04. The van der Waals surface area contributed by atoms with Gasteiger partial charge in [0.1, 0.15) is 5.69 Å². The van der Waals surface area contributed by atoms with Gasteiger partial charge in [0.15, 0.2) is 0 Å². The highest BCUT2D eigenvalue weighted by Gasteiger charge is 1.91. The molecule has 0 amide bonds. The fourth-order valence-electron chi connectivity index (χ4n) is 0.492. The maximum atomic E-state index is 10.5.